The van der Waals surface area contributed by atoms with Crippen LogP contribution in [0.5, 0.6) is 0 Å². The van der Waals surface area contributed by atoms with Crippen molar-refractivity contribution >= 4 is 0 Å². The van der Waals surface area contributed by atoms with Crippen molar-refractivity contribution in [1.82, 2.24) is 10.3 Å². The van der Waals surface area contributed by atoms with Crippen LogP contribution >= 0.6 is 0 Å². The van der Waals surface area contributed by atoms with Gasteiger partial charge >= 0.3 is 0 Å². The monoisotopic (exact) mass is 206 g/mol. The maximum Gasteiger partial charge on any atom is 0.0541 e. The topological polar surface area (TPSA) is 24.9 Å². The molecule has 0 saturated carbocycles. The van der Waals surface area contributed by atoms with E-state index in [4.69, 9.17) is 0 Å². The van der Waals surface area contributed by atoms with Gasteiger partial charge in [-0.05, 0) is 31.5 Å². The lowest BCUT2D eigenvalue weighted by molar-refractivity contribution is 0.593. The smallest absolute Gasteiger partial charge is 0.0541 e. The standard InChI is InChI=1S/C13H22N2/c1-3-4-5-6-9-14-11-13-8-7-12(2)10-15-13/h7-8,10,14H,3-6,9,11H2,1-2H3. The lowest BCUT2D eigenvalue weighted by Gasteiger charge is -2.04. The maximum atomic E-state index is 4.35. The van der Waals surface area contributed by atoms with Crippen LogP contribution in [0.15, 0.2) is 18.3 Å². The fourth-order valence-electron chi connectivity index (χ4n) is 1.50. The molecule has 1 N–H and O–H groups in total. The summed E-state index contributed by atoms with van der Waals surface area (Å²) in [6.07, 6.45) is 7.20. The summed E-state index contributed by atoms with van der Waals surface area (Å²) in [4.78, 5) is 4.35. The zero-order chi connectivity index (χ0) is 10.9. The molecule has 0 atom stereocenters. The molecule has 1 heterocycles. The Morgan fingerprint density at radius 2 is 2.07 bits per heavy atom. The van der Waals surface area contributed by atoms with Crippen molar-refractivity contribution in [2.45, 2.75) is 46.1 Å². The Hall–Kier alpha value is -0.890. The van der Waals surface area contributed by atoms with Crippen molar-refractivity contribution in [1.29, 1.82) is 0 Å². The third-order valence-electron chi connectivity index (χ3n) is 2.49. The second-order valence-electron chi connectivity index (χ2n) is 4.06. The summed E-state index contributed by atoms with van der Waals surface area (Å²) in [7, 11) is 0. The van der Waals surface area contributed by atoms with Gasteiger partial charge in [0.1, 0.15) is 0 Å². The van der Waals surface area contributed by atoms with Crippen LogP contribution in [0.25, 0.3) is 0 Å². The fourth-order valence-corrected chi connectivity index (χ4v) is 1.50. The van der Waals surface area contributed by atoms with E-state index in [9.17, 15) is 0 Å². The van der Waals surface area contributed by atoms with E-state index in [0.717, 1.165) is 18.8 Å². The third kappa shape index (κ3) is 5.53. The highest BCUT2D eigenvalue weighted by Gasteiger charge is 1.93. The molecule has 1 rings (SSSR count). The predicted molar refractivity (Wildman–Crippen MR) is 64.8 cm³/mol. The molecular formula is C13H22N2. The van der Waals surface area contributed by atoms with E-state index in [2.05, 4.69) is 36.3 Å². The van der Waals surface area contributed by atoms with E-state index in [1.54, 1.807) is 0 Å². The Labute approximate surface area is 93.1 Å². The number of aromatic nitrogens is 1. The third-order valence-corrected chi connectivity index (χ3v) is 2.49. The number of unbranched alkanes of at least 4 members (excludes halogenated alkanes) is 3. The zero-order valence-electron chi connectivity index (χ0n) is 9.92. The molecule has 0 spiro atoms. The summed E-state index contributed by atoms with van der Waals surface area (Å²) in [5.41, 5.74) is 2.36. The van der Waals surface area contributed by atoms with Crippen molar-refractivity contribution < 1.29 is 0 Å². The predicted octanol–water partition coefficient (Wildman–Crippen LogP) is 3.06. The van der Waals surface area contributed by atoms with Crippen molar-refractivity contribution in [3.8, 4) is 0 Å². The van der Waals surface area contributed by atoms with Gasteiger partial charge in [0.25, 0.3) is 0 Å². The molecule has 0 aliphatic heterocycles. The van der Waals surface area contributed by atoms with Crippen molar-refractivity contribution in [2.75, 3.05) is 6.54 Å². The van der Waals surface area contributed by atoms with E-state index in [1.807, 2.05) is 6.20 Å². The highest BCUT2D eigenvalue weighted by Crippen LogP contribution is 1.99. The van der Waals surface area contributed by atoms with Gasteiger partial charge in [0.05, 0.1) is 5.69 Å². The van der Waals surface area contributed by atoms with Crippen molar-refractivity contribution in [2.24, 2.45) is 0 Å². The van der Waals surface area contributed by atoms with Crippen LogP contribution in [0.2, 0.25) is 0 Å². The molecule has 0 radical (unpaired) electrons. The van der Waals surface area contributed by atoms with Gasteiger partial charge in [0.15, 0.2) is 0 Å². The first-order valence-electron chi connectivity index (χ1n) is 5.95. The van der Waals surface area contributed by atoms with Gasteiger partial charge in [-0.2, -0.15) is 0 Å². The molecule has 84 valence electrons. The quantitative estimate of drug-likeness (QED) is 0.694. The summed E-state index contributed by atoms with van der Waals surface area (Å²) in [5, 5.41) is 3.42. The molecule has 2 nitrogen and oxygen atoms in total. The van der Waals surface area contributed by atoms with E-state index < -0.39 is 0 Å². The SMILES string of the molecule is CCCCCCNCc1ccc(C)cn1. The molecule has 0 amide bonds. The van der Waals surface area contributed by atoms with Crippen LogP contribution in [0.3, 0.4) is 0 Å². The summed E-state index contributed by atoms with van der Waals surface area (Å²) >= 11 is 0. The van der Waals surface area contributed by atoms with Gasteiger partial charge in [0.2, 0.25) is 0 Å². The Morgan fingerprint density at radius 3 is 2.73 bits per heavy atom. The van der Waals surface area contributed by atoms with E-state index >= 15 is 0 Å². The van der Waals surface area contributed by atoms with Gasteiger partial charge in [-0.3, -0.25) is 4.98 Å². The molecule has 0 unspecified atom stereocenters. The Morgan fingerprint density at radius 1 is 1.20 bits per heavy atom. The summed E-state index contributed by atoms with van der Waals surface area (Å²) < 4.78 is 0. The minimum atomic E-state index is 0.895. The van der Waals surface area contributed by atoms with Crippen LogP contribution < -0.4 is 5.32 Å². The second kappa shape index (κ2) is 7.41. The average molecular weight is 206 g/mol. The van der Waals surface area contributed by atoms with Gasteiger partial charge in [-0.15, -0.1) is 0 Å². The minimum absolute atomic E-state index is 0.895. The minimum Gasteiger partial charge on any atom is -0.311 e. The van der Waals surface area contributed by atoms with Crippen LogP contribution in [0.1, 0.15) is 43.9 Å². The molecule has 2 heteroatoms. The average Bonchev–Trinajstić information content (AvgIpc) is 2.26. The van der Waals surface area contributed by atoms with Gasteiger partial charge in [0, 0.05) is 12.7 Å². The molecule has 0 aliphatic rings. The lowest BCUT2D eigenvalue weighted by Crippen LogP contribution is -2.15. The second-order valence-corrected chi connectivity index (χ2v) is 4.06. The molecule has 15 heavy (non-hydrogen) atoms. The summed E-state index contributed by atoms with van der Waals surface area (Å²) in [6, 6.07) is 4.20. The number of hydrogen-bond acceptors (Lipinski definition) is 2. The van der Waals surface area contributed by atoms with Gasteiger partial charge in [-0.25, -0.2) is 0 Å². The first-order chi connectivity index (χ1) is 7.33. The Kier molecular flexibility index (Phi) is 6.02. The first-order valence-corrected chi connectivity index (χ1v) is 5.95. The first kappa shape index (κ1) is 12.2. The molecule has 0 aliphatic carbocycles. The number of nitrogens with zero attached hydrogens (tertiary/aromatic N) is 1. The number of nitrogens with one attached hydrogen (secondary N) is 1. The molecule has 0 saturated heterocycles. The van der Waals surface area contributed by atoms with Gasteiger partial charge < -0.3 is 5.32 Å². The summed E-state index contributed by atoms with van der Waals surface area (Å²) in [6.45, 7) is 6.31. The normalized spacial score (nSPS) is 10.5. The maximum absolute atomic E-state index is 4.35. The highest BCUT2D eigenvalue weighted by molar-refractivity contribution is 5.11. The largest absolute Gasteiger partial charge is 0.311 e. The van der Waals surface area contributed by atoms with E-state index in [0.29, 0.717) is 0 Å². The summed E-state index contributed by atoms with van der Waals surface area (Å²) in [5.74, 6) is 0. The lowest BCUT2D eigenvalue weighted by atomic mass is 10.2. The Balaban J connectivity index is 2.07. The van der Waals surface area contributed by atoms with Crippen LogP contribution in [-0.2, 0) is 6.54 Å². The molecule has 0 bridgehead atoms. The number of pyridine rings is 1. The molecule has 0 fully saturated rings. The highest BCUT2D eigenvalue weighted by atomic mass is 14.9. The van der Waals surface area contributed by atoms with Crippen molar-refractivity contribution in [3.63, 3.8) is 0 Å². The molecule has 1 aromatic rings. The zero-order valence-corrected chi connectivity index (χ0v) is 9.92. The fraction of sp³-hybridized carbons (Fsp3) is 0.615. The number of rotatable bonds is 7. The van der Waals surface area contributed by atoms with Crippen LogP contribution in [-0.4, -0.2) is 11.5 Å². The molecule has 0 aromatic carbocycles. The van der Waals surface area contributed by atoms with E-state index in [1.165, 1.54) is 31.2 Å². The molecular weight excluding hydrogens is 184 g/mol. The van der Waals surface area contributed by atoms with E-state index in [-0.39, 0.29) is 0 Å². The number of aryl methyl sites for hydroxylation is 1. The van der Waals surface area contributed by atoms with Gasteiger partial charge in [-0.1, -0.05) is 32.3 Å². The molecule has 1 aromatic heterocycles. The van der Waals surface area contributed by atoms with Crippen LogP contribution in [0.4, 0.5) is 0 Å². The number of hydrogen-bond donors (Lipinski definition) is 1. The Bertz CT molecular complexity index is 254. The van der Waals surface area contributed by atoms with Crippen LogP contribution in [0, 0.1) is 6.92 Å². The van der Waals surface area contributed by atoms with Crippen molar-refractivity contribution in [3.05, 3.63) is 29.6 Å².